The van der Waals surface area contributed by atoms with Gasteiger partial charge >= 0.3 is 0 Å². The van der Waals surface area contributed by atoms with Crippen LogP contribution in [0.1, 0.15) is 102 Å². The van der Waals surface area contributed by atoms with Gasteiger partial charge in [-0.2, -0.15) is 0 Å². The smallest absolute Gasteiger partial charge is 0.0709 e. The Hall–Kier alpha value is -0.400. The number of unbranched alkanes of at least 4 members (excludes halogenated alkanes) is 8. The van der Waals surface area contributed by atoms with Crippen LogP contribution in [0.3, 0.4) is 0 Å². The summed E-state index contributed by atoms with van der Waals surface area (Å²) in [5.74, 6) is 0.773. The third-order valence-corrected chi connectivity index (χ3v) is 5.59. The maximum absolute atomic E-state index is 6.14. The van der Waals surface area contributed by atoms with Gasteiger partial charge in [0, 0.05) is 5.56 Å². The van der Waals surface area contributed by atoms with E-state index in [2.05, 4.69) is 32.0 Å². The Balaban J connectivity index is 2.53. The van der Waals surface area contributed by atoms with E-state index < -0.39 is 0 Å². The van der Waals surface area contributed by atoms with Crippen LogP contribution in [0.25, 0.3) is 0 Å². The van der Waals surface area contributed by atoms with E-state index >= 15 is 0 Å². The normalized spacial score (nSPS) is 12.3. The summed E-state index contributed by atoms with van der Waals surface area (Å²) in [5.41, 5.74) is 2.41. The summed E-state index contributed by atoms with van der Waals surface area (Å²) in [4.78, 5) is 0. The molecule has 0 aliphatic heterocycles. The molecule has 25 heavy (non-hydrogen) atoms. The quantitative estimate of drug-likeness (QED) is 0.167. The molecule has 1 rings (SSSR count). The first-order valence-electron chi connectivity index (χ1n) is 10.5. The molecule has 0 saturated carbocycles. The van der Waals surface area contributed by atoms with Crippen LogP contribution in [0.4, 0.5) is 0 Å². The van der Waals surface area contributed by atoms with Crippen molar-refractivity contribution in [1.29, 1.82) is 0 Å². The van der Waals surface area contributed by atoms with Crippen molar-refractivity contribution in [2.45, 2.75) is 97.3 Å². The van der Waals surface area contributed by atoms with Gasteiger partial charge in [0.1, 0.15) is 4.32 Å². The topological polar surface area (TPSA) is 0 Å². The number of halogens is 1. The van der Waals surface area contributed by atoms with E-state index in [9.17, 15) is 0 Å². The minimum Gasteiger partial charge on any atom is -0.0709 e. The fraction of sp³-hybridized carbons (Fsp3) is 0.696. The molecule has 0 spiro atoms. The highest BCUT2D eigenvalue weighted by atomic mass is 35.5. The summed E-state index contributed by atoms with van der Waals surface area (Å²) in [6.45, 7) is 4.57. The molecule has 0 amide bonds. The molecule has 0 aromatic heterocycles. The SMILES string of the molecule is CCCCCCCCC(CCCCCC)Cc1ccccc1C(=S)Cl. The number of benzene rings is 1. The van der Waals surface area contributed by atoms with Gasteiger partial charge in [-0.25, -0.2) is 0 Å². The monoisotopic (exact) mass is 380 g/mol. The lowest BCUT2D eigenvalue weighted by atomic mass is 9.87. The van der Waals surface area contributed by atoms with E-state index in [1.807, 2.05) is 6.07 Å². The molecule has 0 saturated heterocycles. The Labute approximate surface area is 166 Å². The van der Waals surface area contributed by atoms with Crippen LogP contribution in [0.2, 0.25) is 0 Å². The summed E-state index contributed by atoms with van der Waals surface area (Å²) in [5, 5.41) is 0. The minimum atomic E-state index is 0.514. The molecule has 0 aliphatic carbocycles. The first-order valence-corrected chi connectivity index (χ1v) is 11.2. The van der Waals surface area contributed by atoms with Crippen LogP contribution in [0.5, 0.6) is 0 Å². The molecule has 0 aliphatic rings. The van der Waals surface area contributed by atoms with Gasteiger partial charge in [-0.15, -0.1) is 0 Å². The molecule has 2 heteroatoms. The maximum Gasteiger partial charge on any atom is 0.111 e. The Morgan fingerprint density at radius 3 is 1.96 bits per heavy atom. The Kier molecular flexibility index (Phi) is 13.3. The molecule has 1 aromatic carbocycles. The van der Waals surface area contributed by atoms with E-state index in [0.29, 0.717) is 4.32 Å². The summed E-state index contributed by atoms with van der Waals surface area (Å²) in [7, 11) is 0. The van der Waals surface area contributed by atoms with Gasteiger partial charge in [0.2, 0.25) is 0 Å². The highest BCUT2D eigenvalue weighted by Crippen LogP contribution is 2.25. The van der Waals surface area contributed by atoms with Gasteiger partial charge in [0.05, 0.1) is 0 Å². The summed E-state index contributed by atoms with van der Waals surface area (Å²) < 4.78 is 0.514. The Morgan fingerprint density at radius 1 is 0.840 bits per heavy atom. The average molecular weight is 381 g/mol. The number of hydrogen-bond donors (Lipinski definition) is 0. The van der Waals surface area contributed by atoms with Crippen LogP contribution in [0, 0.1) is 5.92 Å². The Bertz CT molecular complexity index is 469. The second-order valence-electron chi connectivity index (χ2n) is 7.41. The fourth-order valence-corrected chi connectivity index (χ4v) is 4.01. The van der Waals surface area contributed by atoms with E-state index in [1.165, 1.54) is 82.6 Å². The molecule has 1 atom stereocenters. The summed E-state index contributed by atoms with van der Waals surface area (Å²) in [6, 6.07) is 8.44. The van der Waals surface area contributed by atoms with E-state index in [0.717, 1.165) is 17.9 Å². The average Bonchev–Trinajstić information content (AvgIpc) is 2.61. The zero-order valence-electron chi connectivity index (χ0n) is 16.4. The highest BCUT2D eigenvalue weighted by Gasteiger charge is 2.13. The van der Waals surface area contributed by atoms with Gasteiger partial charge in [0.15, 0.2) is 0 Å². The molecule has 0 bridgehead atoms. The predicted molar refractivity (Wildman–Crippen MR) is 118 cm³/mol. The van der Waals surface area contributed by atoms with Crippen molar-refractivity contribution >= 4 is 28.1 Å². The third kappa shape index (κ3) is 10.4. The molecule has 0 fully saturated rings. The van der Waals surface area contributed by atoms with Crippen LogP contribution >= 0.6 is 23.8 Å². The molecule has 1 aromatic rings. The number of thiocarbonyl (C=S) groups is 1. The molecular weight excluding hydrogens is 344 g/mol. The van der Waals surface area contributed by atoms with Gasteiger partial charge in [-0.05, 0) is 17.9 Å². The van der Waals surface area contributed by atoms with E-state index in [4.69, 9.17) is 23.8 Å². The van der Waals surface area contributed by atoms with Crippen molar-refractivity contribution in [2.24, 2.45) is 5.92 Å². The molecule has 0 N–H and O–H groups in total. The van der Waals surface area contributed by atoms with Crippen LogP contribution in [0.15, 0.2) is 24.3 Å². The fourth-order valence-electron chi connectivity index (χ4n) is 3.62. The lowest BCUT2D eigenvalue weighted by Gasteiger charge is -2.19. The first-order chi connectivity index (χ1) is 12.2. The summed E-state index contributed by atoms with van der Waals surface area (Å²) >= 11 is 11.4. The van der Waals surface area contributed by atoms with Crippen molar-refractivity contribution in [2.75, 3.05) is 0 Å². The minimum absolute atomic E-state index is 0.514. The lowest BCUT2D eigenvalue weighted by molar-refractivity contribution is 0.402. The second kappa shape index (κ2) is 14.7. The van der Waals surface area contributed by atoms with Crippen LogP contribution in [-0.2, 0) is 6.42 Å². The van der Waals surface area contributed by atoms with Gasteiger partial charge in [-0.1, -0.05) is 139 Å². The van der Waals surface area contributed by atoms with E-state index in [-0.39, 0.29) is 0 Å². The number of rotatable bonds is 15. The molecule has 0 radical (unpaired) electrons. The van der Waals surface area contributed by atoms with Crippen molar-refractivity contribution in [3.63, 3.8) is 0 Å². The summed E-state index contributed by atoms with van der Waals surface area (Å²) in [6.07, 6.45) is 17.5. The maximum atomic E-state index is 6.14. The second-order valence-corrected chi connectivity index (χ2v) is 8.42. The van der Waals surface area contributed by atoms with Crippen molar-refractivity contribution in [3.05, 3.63) is 35.4 Å². The van der Waals surface area contributed by atoms with Crippen LogP contribution < -0.4 is 0 Å². The predicted octanol–water partition coefficient (Wildman–Crippen LogP) is 8.48. The van der Waals surface area contributed by atoms with E-state index in [1.54, 1.807) is 0 Å². The molecule has 0 heterocycles. The van der Waals surface area contributed by atoms with Crippen molar-refractivity contribution in [1.82, 2.24) is 0 Å². The lowest BCUT2D eigenvalue weighted by Crippen LogP contribution is -2.08. The zero-order chi connectivity index (χ0) is 18.3. The first kappa shape index (κ1) is 22.6. The van der Waals surface area contributed by atoms with Crippen molar-refractivity contribution in [3.8, 4) is 0 Å². The van der Waals surface area contributed by atoms with Gasteiger partial charge < -0.3 is 0 Å². The molecule has 0 nitrogen and oxygen atoms in total. The Morgan fingerprint density at radius 2 is 1.36 bits per heavy atom. The molecular formula is C23H37ClS. The van der Waals surface area contributed by atoms with Gasteiger partial charge in [0.25, 0.3) is 0 Å². The molecule has 1 unspecified atom stereocenters. The molecule has 142 valence electrons. The highest BCUT2D eigenvalue weighted by molar-refractivity contribution is 7.83. The largest absolute Gasteiger partial charge is 0.111 e. The van der Waals surface area contributed by atoms with Gasteiger partial charge in [-0.3, -0.25) is 0 Å². The standard InChI is InChI=1S/C23H37ClS/c1-3-5-7-9-10-12-16-20(15-11-8-6-4-2)19-21-17-13-14-18-22(21)23(24)25/h13-14,17-18,20H,3-12,15-16,19H2,1-2H3. The van der Waals surface area contributed by atoms with Crippen LogP contribution in [-0.4, -0.2) is 4.32 Å². The number of hydrogen-bond acceptors (Lipinski definition) is 1. The third-order valence-electron chi connectivity index (χ3n) is 5.17. The van der Waals surface area contributed by atoms with Crippen molar-refractivity contribution < 1.29 is 0 Å². The zero-order valence-corrected chi connectivity index (χ0v) is 17.9.